The molecule has 8 nitrogen and oxygen atoms in total. The first kappa shape index (κ1) is 21.8. The van der Waals surface area contributed by atoms with Crippen molar-refractivity contribution in [3.63, 3.8) is 0 Å². The second-order valence-corrected chi connectivity index (χ2v) is 9.02. The van der Waals surface area contributed by atoms with Crippen molar-refractivity contribution in [3.05, 3.63) is 71.2 Å². The molecule has 0 unspecified atom stereocenters. The van der Waals surface area contributed by atoms with Crippen molar-refractivity contribution < 1.29 is 19.1 Å². The monoisotopic (exact) mass is 474 g/mol. The van der Waals surface area contributed by atoms with Crippen LogP contribution >= 0.6 is 11.3 Å². The van der Waals surface area contributed by atoms with E-state index in [9.17, 15) is 14.4 Å². The normalized spacial score (nSPS) is 13.4. The minimum absolute atomic E-state index is 0.0753. The maximum atomic E-state index is 12.6. The molecule has 0 radical (unpaired) electrons. The van der Waals surface area contributed by atoms with Gasteiger partial charge in [-0.15, -0.1) is 11.3 Å². The van der Waals surface area contributed by atoms with E-state index in [4.69, 9.17) is 4.74 Å². The van der Waals surface area contributed by atoms with Gasteiger partial charge in [-0.3, -0.25) is 9.59 Å². The number of para-hydroxylation sites is 1. The lowest BCUT2D eigenvalue weighted by atomic mass is 10.2. The third-order valence-corrected chi connectivity index (χ3v) is 6.69. The number of amides is 2. The number of nitrogens with one attached hydrogen (secondary N) is 1. The minimum Gasteiger partial charge on any atom is -0.451 e. The Morgan fingerprint density at radius 3 is 2.65 bits per heavy atom. The number of fused-ring (bicyclic) bond motifs is 1. The predicted octanol–water partition coefficient (Wildman–Crippen LogP) is 4.32. The van der Waals surface area contributed by atoms with Crippen LogP contribution in [0.3, 0.4) is 0 Å². The number of aromatic nitrogens is 2. The van der Waals surface area contributed by atoms with Crippen LogP contribution in [0.4, 0.5) is 11.4 Å². The molecule has 0 atom stereocenters. The zero-order valence-corrected chi connectivity index (χ0v) is 19.3. The summed E-state index contributed by atoms with van der Waals surface area (Å²) < 4.78 is 7.06. The fraction of sp³-hybridized carbons (Fsp3) is 0.200. The molecular weight excluding hydrogens is 452 g/mol. The third kappa shape index (κ3) is 4.29. The van der Waals surface area contributed by atoms with Crippen LogP contribution in [0.15, 0.2) is 60.7 Å². The summed E-state index contributed by atoms with van der Waals surface area (Å²) >= 11 is 1.28. The van der Waals surface area contributed by atoms with Crippen LogP contribution in [0.1, 0.15) is 28.2 Å². The van der Waals surface area contributed by atoms with Crippen LogP contribution in [0.2, 0.25) is 0 Å². The van der Waals surface area contributed by atoms with E-state index in [0.29, 0.717) is 23.5 Å². The number of rotatable bonds is 6. The van der Waals surface area contributed by atoms with Crippen molar-refractivity contribution in [1.82, 2.24) is 9.78 Å². The number of carbonyl (C=O) groups excluding carboxylic acids is 3. The largest absolute Gasteiger partial charge is 0.451 e. The number of hydrogen-bond acceptors (Lipinski definition) is 6. The number of thiophene rings is 1. The van der Waals surface area contributed by atoms with Crippen LogP contribution in [0, 0.1) is 6.92 Å². The SMILES string of the molecule is Cc1nn(-c2ccccc2)c2sc(C(=O)OCC(=O)Nc3cccc(N4CCCC4=O)c3)cc12. The van der Waals surface area contributed by atoms with E-state index in [2.05, 4.69) is 10.4 Å². The molecule has 34 heavy (non-hydrogen) atoms. The molecule has 1 aliphatic heterocycles. The average Bonchev–Trinajstić information content (AvgIpc) is 3.55. The summed E-state index contributed by atoms with van der Waals surface area (Å²) in [6.07, 6.45) is 1.36. The maximum Gasteiger partial charge on any atom is 0.348 e. The summed E-state index contributed by atoms with van der Waals surface area (Å²) in [5.74, 6) is -0.941. The third-order valence-electron chi connectivity index (χ3n) is 5.60. The number of benzene rings is 2. The molecular formula is C25H22N4O4S. The second-order valence-electron chi connectivity index (χ2n) is 7.99. The highest BCUT2D eigenvalue weighted by molar-refractivity contribution is 7.20. The van der Waals surface area contributed by atoms with Gasteiger partial charge in [-0.1, -0.05) is 24.3 Å². The lowest BCUT2D eigenvalue weighted by Crippen LogP contribution is -2.24. The Morgan fingerprint density at radius 2 is 1.88 bits per heavy atom. The fourth-order valence-electron chi connectivity index (χ4n) is 3.96. The van der Waals surface area contributed by atoms with E-state index in [1.807, 2.05) is 43.3 Å². The van der Waals surface area contributed by atoms with Crippen molar-refractivity contribution in [2.45, 2.75) is 19.8 Å². The number of esters is 1. The van der Waals surface area contributed by atoms with Crippen LogP contribution in [-0.4, -0.2) is 40.7 Å². The van der Waals surface area contributed by atoms with E-state index < -0.39 is 18.5 Å². The average molecular weight is 475 g/mol. The van der Waals surface area contributed by atoms with E-state index in [1.54, 1.807) is 33.8 Å². The standard InChI is InChI=1S/C25H22N4O4S/c1-16-20-14-21(34-24(20)29(27-16)18-8-3-2-4-9-18)25(32)33-15-22(30)26-17-7-5-10-19(13-17)28-12-6-11-23(28)31/h2-5,7-10,13-14H,6,11-12,15H2,1H3,(H,26,30). The summed E-state index contributed by atoms with van der Waals surface area (Å²) in [4.78, 5) is 39.9. The Morgan fingerprint density at radius 1 is 1.09 bits per heavy atom. The Balaban J connectivity index is 1.24. The molecule has 172 valence electrons. The Bertz CT molecular complexity index is 1390. The first-order valence-corrected chi connectivity index (χ1v) is 11.7. The zero-order valence-electron chi connectivity index (χ0n) is 18.5. The minimum atomic E-state index is -0.563. The topological polar surface area (TPSA) is 93.5 Å². The highest BCUT2D eigenvalue weighted by Crippen LogP contribution is 2.31. The predicted molar refractivity (Wildman–Crippen MR) is 131 cm³/mol. The lowest BCUT2D eigenvalue weighted by molar-refractivity contribution is -0.119. The Labute approximate surface area is 199 Å². The molecule has 1 N–H and O–H groups in total. The fourth-order valence-corrected chi connectivity index (χ4v) is 5.04. The number of nitrogens with zero attached hydrogens (tertiary/aromatic N) is 3. The summed E-state index contributed by atoms with van der Waals surface area (Å²) in [5, 5.41) is 8.17. The number of ether oxygens (including phenoxy) is 1. The van der Waals surface area contributed by atoms with Gasteiger partial charge in [0.2, 0.25) is 5.91 Å². The molecule has 4 aromatic rings. The molecule has 9 heteroatoms. The van der Waals surface area contributed by atoms with Gasteiger partial charge in [-0.25, -0.2) is 9.48 Å². The van der Waals surface area contributed by atoms with Crippen LogP contribution in [0.25, 0.3) is 15.9 Å². The molecule has 0 spiro atoms. The molecule has 1 aliphatic rings. The number of aryl methyl sites for hydroxylation is 1. The number of hydrogen-bond donors (Lipinski definition) is 1. The van der Waals surface area contributed by atoms with Gasteiger partial charge in [0.15, 0.2) is 6.61 Å². The number of carbonyl (C=O) groups is 3. The highest BCUT2D eigenvalue weighted by Gasteiger charge is 2.22. The molecule has 1 saturated heterocycles. The van der Waals surface area contributed by atoms with Crippen molar-refractivity contribution in [2.24, 2.45) is 0 Å². The van der Waals surface area contributed by atoms with Gasteiger partial charge in [-0.05, 0) is 49.7 Å². The van der Waals surface area contributed by atoms with Gasteiger partial charge >= 0.3 is 5.97 Å². The number of anilines is 2. The van der Waals surface area contributed by atoms with E-state index in [0.717, 1.165) is 33.7 Å². The Kier molecular flexibility index (Phi) is 5.85. The van der Waals surface area contributed by atoms with Gasteiger partial charge in [0, 0.05) is 29.7 Å². The van der Waals surface area contributed by atoms with Gasteiger partial charge in [0.05, 0.1) is 11.4 Å². The van der Waals surface area contributed by atoms with Crippen LogP contribution < -0.4 is 10.2 Å². The molecule has 2 aromatic carbocycles. The summed E-state index contributed by atoms with van der Waals surface area (Å²) in [7, 11) is 0. The molecule has 0 saturated carbocycles. The van der Waals surface area contributed by atoms with Crippen LogP contribution in [0.5, 0.6) is 0 Å². The summed E-state index contributed by atoms with van der Waals surface area (Å²) in [5.41, 5.74) is 2.99. The molecule has 2 aromatic heterocycles. The van der Waals surface area contributed by atoms with E-state index >= 15 is 0 Å². The van der Waals surface area contributed by atoms with Gasteiger partial charge in [0.1, 0.15) is 9.71 Å². The van der Waals surface area contributed by atoms with Gasteiger partial charge in [0.25, 0.3) is 5.91 Å². The smallest absolute Gasteiger partial charge is 0.348 e. The molecule has 1 fully saturated rings. The quantitative estimate of drug-likeness (QED) is 0.420. The molecule has 5 rings (SSSR count). The van der Waals surface area contributed by atoms with Gasteiger partial charge in [-0.2, -0.15) is 5.10 Å². The van der Waals surface area contributed by atoms with Gasteiger partial charge < -0.3 is 15.0 Å². The molecule has 0 aliphatic carbocycles. The summed E-state index contributed by atoms with van der Waals surface area (Å²) in [6, 6.07) is 18.5. The van der Waals surface area contributed by atoms with E-state index in [-0.39, 0.29) is 5.91 Å². The molecule has 0 bridgehead atoms. The Hall–Kier alpha value is -3.98. The van der Waals surface area contributed by atoms with E-state index in [1.165, 1.54) is 11.3 Å². The van der Waals surface area contributed by atoms with Crippen molar-refractivity contribution >= 4 is 50.7 Å². The zero-order chi connectivity index (χ0) is 23.7. The first-order valence-electron chi connectivity index (χ1n) is 10.9. The molecule has 2 amide bonds. The van der Waals surface area contributed by atoms with Crippen molar-refractivity contribution in [2.75, 3.05) is 23.4 Å². The first-order chi connectivity index (χ1) is 16.5. The highest BCUT2D eigenvalue weighted by atomic mass is 32.1. The second kappa shape index (κ2) is 9.11. The van der Waals surface area contributed by atoms with Crippen molar-refractivity contribution in [3.8, 4) is 5.69 Å². The summed E-state index contributed by atoms with van der Waals surface area (Å²) in [6.45, 7) is 2.15. The molecule has 3 heterocycles. The van der Waals surface area contributed by atoms with Crippen molar-refractivity contribution in [1.29, 1.82) is 0 Å². The lowest BCUT2D eigenvalue weighted by Gasteiger charge is -2.16. The van der Waals surface area contributed by atoms with Crippen LogP contribution in [-0.2, 0) is 14.3 Å². The maximum absolute atomic E-state index is 12.6.